The molecule has 2 aromatic carbocycles. The summed E-state index contributed by atoms with van der Waals surface area (Å²) in [4.78, 5) is 32.9. The van der Waals surface area contributed by atoms with Crippen molar-refractivity contribution in [2.24, 2.45) is 0 Å². The van der Waals surface area contributed by atoms with Gasteiger partial charge >= 0.3 is 17.9 Å². The van der Waals surface area contributed by atoms with Crippen molar-refractivity contribution >= 4 is 17.9 Å². The fourth-order valence-corrected chi connectivity index (χ4v) is 3.43. The van der Waals surface area contributed by atoms with Crippen LogP contribution < -0.4 is 4.74 Å². The zero-order chi connectivity index (χ0) is 26.4. The maximum absolute atomic E-state index is 10.3. The molecule has 9 heteroatoms. The van der Waals surface area contributed by atoms with Gasteiger partial charge in [-0.1, -0.05) is 69.3 Å². The molecule has 1 unspecified atom stereocenters. The number of carboxylic acids is 3. The summed E-state index contributed by atoms with van der Waals surface area (Å²) in [5.41, 5.74) is -0.159. The van der Waals surface area contributed by atoms with Gasteiger partial charge in [0.1, 0.15) is 12.4 Å². The first kappa shape index (κ1) is 29.6. The van der Waals surface area contributed by atoms with Crippen LogP contribution in [-0.4, -0.2) is 75.1 Å². The molecule has 0 bridgehead atoms. The molecule has 2 aromatic rings. The smallest absolute Gasteiger partial charge is 0.336 e. The Balaban J connectivity index is 0.000000405. The summed E-state index contributed by atoms with van der Waals surface area (Å²) >= 11 is 0. The predicted molar refractivity (Wildman–Crippen MR) is 131 cm³/mol. The van der Waals surface area contributed by atoms with Gasteiger partial charge in [0.2, 0.25) is 0 Å². The normalized spacial score (nSPS) is 11.8. The lowest BCUT2D eigenvalue weighted by atomic mass is 9.92. The van der Waals surface area contributed by atoms with Crippen molar-refractivity contribution < 1.29 is 39.5 Å². The third kappa shape index (κ3) is 10.2. The topological polar surface area (TPSA) is 145 Å². The van der Waals surface area contributed by atoms with Gasteiger partial charge in [0, 0.05) is 18.0 Å². The number of hydrogen-bond acceptors (Lipinski definition) is 6. The molecule has 0 heterocycles. The first-order valence-electron chi connectivity index (χ1n) is 11.4. The summed E-state index contributed by atoms with van der Waals surface area (Å²) < 4.78 is 6.07. The van der Waals surface area contributed by atoms with Crippen molar-refractivity contribution in [1.29, 1.82) is 0 Å². The summed E-state index contributed by atoms with van der Waals surface area (Å²) in [7, 11) is 0. The minimum absolute atomic E-state index is 0.339. The Hall–Kier alpha value is -3.43. The quantitative estimate of drug-likeness (QED) is 0.333. The van der Waals surface area contributed by atoms with E-state index in [1.807, 2.05) is 6.07 Å². The minimum atomic E-state index is -2.74. The molecule has 2 rings (SSSR count). The first-order valence-corrected chi connectivity index (χ1v) is 11.4. The van der Waals surface area contributed by atoms with E-state index >= 15 is 0 Å². The van der Waals surface area contributed by atoms with Crippen molar-refractivity contribution in [2.45, 2.75) is 45.1 Å². The Morgan fingerprint density at radius 3 is 1.89 bits per heavy atom. The highest BCUT2D eigenvalue weighted by Crippen LogP contribution is 2.31. The van der Waals surface area contributed by atoms with Crippen LogP contribution in [-0.2, 0) is 14.4 Å². The lowest BCUT2D eigenvalue weighted by Gasteiger charge is -2.20. The van der Waals surface area contributed by atoms with Crippen LogP contribution in [0.2, 0.25) is 0 Å². The molecule has 4 N–H and O–H groups in total. The van der Waals surface area contributed by atoms with Gasteiger partial charge in [-0.05, 0) is 24.7 Å². The van der Waals surface area contributed by atoms with Gasteiger partial charge in [0.25, 0.3) is 0 Å². The average Bonchev–Trinajstić information content (AvgIpc) is 2.81. The van der Waals surface area contributed by atoms with E-state index < -0.39 is 36.4 Å². The fraction of sp³-hybridized carbons (Fsp3) is 0.423. The molecule has 0 spiro atoms. The second-order valence-electron chi connectivity index (χ2n) is 8.02. The highest BCUT2D eigenvalue weighted by Gasteiger charge is 2.40. The molecule has 0 fully saturated rings. The molecule has 0 aromatic heterocycles. The Labute approximate surface area is 205 Å². The molecule has 9 nitrogen and oxygen atoms in total. The Kier molecular flexibility index (Phi) is 12.5. The summed E-state index contributed by atoms with van der Waals surface area (Å²) in [5, 5.41) is 33.8. The molecule has 0 radical (unpaired) electrons. The molecule has 0 saturated heterocycles. The van der Waals surface area contributed by atoms with E-state index in [0.29, 0.717) is 5.92 Å². The number of carboxylic acid groups (broad SMARTS) is 3. The maximum Gasteiger partial charge on any atom is 0.336 e. The molecule has 0 amide bonds. The molecule has 0 aliphatic heterocycles. The van der Waals surface area contributed by atoms with Crippen LogP contribution in [0.15, 0.2) is 54.6 Å². The number of likely N-dealkylation sites (N-methyl/N-ethyl adjacent to an activating group) is 1. The third-order valence-electron chi connectivity index (χ3n) is 5.53. The third-order valence-corrected chi connectivity index (χ3v) is 5.53. The zero-order valence-corrected chi connectivity index (χ0v) is 20.4. The van der Waals surface area contributed by atoms with Gasteiger partial charge in [0.05, 0.1) is 12.8 Å². The number of carbonyl (C=O) groups is 3. The van der Waals surface area contributed by atoms with E-state index in [4.69, 9.17) is 25.2 Å². The van der Waals surface area contributed by atoms with Gasteiger partial charge in [-0.2, -0.15) is 0 Å². The van der Waals surface area contributed by atoms with Crippen molar-refractivity contribution in [3.63, 3.8) is 0 Å². The number of aliphatic carboxylic acids is 3. The molecule has 35 heavy (non-hydrogen) atoms. The van der Waals surface area contributed by atoms with Crippen LogP contribution in [0.4, 0.5) is 0 Å². The van der Waals surface area contributed by atoms with E-state index in [-0.39, 0.29) is 0 Å². The number of benzene rings is 2. The summed E-state index contributed by atoms with van der Waals surface area (Å²) in [5.74, 6) is -3.67. The number of rotatable bonds is 13. The van der Waals surface area contributed by atoms with E-state index in [1.54, 1.807) is 0 Å². The van der Waals surface area contributed by atoms with Crippen LogP contribution in [0.3, 0.4) is 0 Å². The van der Waals surface area contributed by atoms with Gasteiger partial charge < -0.3 is 30.1 Å². The highest BCUT2D eigenvalue weighted by molar-refractivity contribution is 5.88. The summed E-state index contributed by atoms with van der Waals surface area (Å²) in [6.07, 6.45) is -2.29. The Morgan fingerprint density at radius 2 is 1.40 bits per heavy atom. The van der Waals surface area contributed by atoms with E-state index in [1.165, 1.54) is 11.1 Å². The van der Waals surface area contributed by atoms with Gasteiger partial charge in [-0.3, -0.25) is 9.59 Å². The van der Waals surface area contributed by atoms with E-state index in [2.05, 4.69) is 74.2 Å². The van der Waals surface area contributed by atoms with Gasteiger partial charge in [-0.25, -0.2) is 4.79 Å². The van der Waals surface area contributed by atoms with E-state index in [0.717, 1.165) is 32.0 Å². The monoisotopic (exact) mass is 489 g/mol. The van der Waals surface area contributed by atoms with E-state index in [9.17, 15) is 14.4 Å². The standard InChI is InChI=1S/C20H27NO.C6H8O7/c1-4-21(5-2)15-16-22-20-14-10-9-13-19(20)17(3)18-11-7-6-8-12-18;7-3(8)1-6(13,5(11)12)2-4(9)10/h6-14,17H,4-5,15-16H2,1-3H3;13H,1-2H2,(H,7,8)(H,9,10)(H,11,12). The minimum Gasteiger partial charge on any atom is -0.492 e. The first-order chi connectivity index (χ1) is 16.5. The van der Waals surface area contributed by atoms with Gasteiger partial charge in [0.15, 0.2) is 5.60 Å². The SMILES string of the molecule is CCN(CC)CCOc1ccccc1C(C)c1ccccc1.O=C(O)CC(O)(CC(=O)O)C(=O)O. The van der Waals surface area contributed by atoms with Gasteiger partial charge in [-0.15, -0.1) is 0 Å². The molecule has 1 atom stereocenters. The molecule has 192 valence electrons. The van der Waals surface area contributed by atoms with Crippen molar-refractivity contribution in [3.05, 3.63) is 65.7 Å². The summed E-state index contributed by atoms with van der Waals surface area (Å²) in [6, 6.07) is 19.0. The van der Waals surface area contributed by atoms with Crippen LogP contribution >= 0.6 is 0 Å². The average molecular weight is 490 g/mol. The Bertz CT molecular complexity index is 927. The second kappa shape index (κ2) is 14.7. The number of nitrogens with zero attached hydrogens (tertiary/aromatic N) is 1. The lowest BCUT2D eigenvalue weighted by Crippen LogP contribution is -2.42. The van der Waals surface area contributed by atoms with Crippen molar-refractivity contribution in [3.8, 4) is 5.75 Å². The number of ether oxygens (including phenoxy) is 1. The van der Waals surface area contributed by atoms with Crippen molar-refractivity contribution in [1.82, 2.24) is 4.90 Å². The molecule has 0 saturated carbocycles. The van der Waals surface area contributed by atoms with Crippen LogP contribution in [0.5, 0.6) is 5.75 Å². The van der Waals surface area contributed by atoms with Crippen LogP contribution in [0, 0.1) is 0 Å². The molecule has 0 aliphatic carbocycles. The molecule has 0 aliphatic rings. The number of aliphatic hydroxyl groups is 1. The van der Waals surface area contributed by atoms with Crippen LogP contribution in [0.25, 0.3) is 0 Å². The lowest BCUT2D eigenvalue weighted by molar-refractivity contribution is -0.170. The molecular formula is C26H35NO8. The number of hydrogen-bond donors (Lipinski definition) is 4. The second-order valence-corrected chi connectivity index (χ2v) is 8.02. The largest absolute Gasteiger partial charge is 0.492 e. The van der Waals surface area contributed by atoms with Crippen molar-refractivity contribution in [2.75, 3.05) is 26.2 Å². The summed E-state index contributed by atoms with van der Waals surface area (Å²) in [6.45, 7) is 10.5. The Morgan fingerprint density at radius 1 is 0.886 bits per heavy atom. The molecular weight excluding hydrogens is 454 g/mol. The highest BCUT2D eigenvalue weighted by atomic mass is 16.5. The number of para-hydroxylation sites is 1. The maximum atomic E-state index is 10.3. The van der Waals surface area contributed by atoms with Crippen LogP contribution in [0.1, 0.15) is 50.7 Å². The predicted octanol–water partition coefficient (Wildman–Crippen LogP) is 3.31. The fourth-order valence-electron chi connectivity index (χ4n) is 3.43. The zero-order valence-electron chi connectivity index (χ0n) is 20.4.